The summed E-state index contributed by atoms with van der Waals surface area (Å²) in [4.78, 5) is 17.3. The third-order valence-corrected chi connectivity index (χ3v) is 2.76. The summed E-state index contributed by atoms with van der Waals surface area (Å²) in [6, 6.07) is 0.599. The average molecular weight is 236 g/mol. The van der Waals surface area contributed by atoms with Gasteiger partial charge in [-0.05, 0) is 19.8 Å². The third-order valence-electron chi connectivity index (χ3n) is 2.76. The van der Waals surface area contributed by atoms with Crippen molar-refractivity contribution in [1.29, 1.82) is 0 Å². The fourth-order valence-electron chi connectivity index (χ4n) is 1.57. The van der Waals surface area contributed by atoms with Crippen molar-refractivity contribution in [2.24, 2.45) is 0 Å². The topological polar surface area (TPSA) is 57.2 Å². The van der Waals surface area contributed by atoms with Gasteiger partial charge in [-0.1, -0.05) is 0 Å². The molecule has 0 unspecified atom stereocenters. The Morgan fingerprint density at radius 3 is 2.29 bits per heavy atom. The average Bonchev–Trinajstić information content (AvgIpc) is 3.12. The maximum Gasteiger partial charge on any atom is 0.231 e. The zero-order valence-electron chi connectivity index (χ0n) is 10.9. The Labute approximate surface area is 102 Å². The molecule has 1 fully saturated rings. The molecule has 0 atom stereocenters. The van der Waals surface area contributed by atoms with Crippen LogP contribution in [0.25, 0.3) is 0 Å². The lowest BCUT2D eigenvalue weighted by Gasteiger charge is -2.19. The number of hydrogen-bond donors (Lipinski definition) is 1. The predicted molar refractivity (Wildman–Crippen MR) is 69.7 cm³/mol. The highest BCUT2D eigenvalue weighted by Gasteiger charge is 2.28. The normalized spacial score (nSPS) is 14.6. The molecule has 94 valence electrons. The quantitative estimate of drug-likeness (QED) is 0.822. The third kappa shape index (κ3) is 2.75. The SMILES string of the molecule is CCNc1nc(N(C)C)nc(N(C)C2CC2)n1. The summed E-state index contributed by atoms with van der Waals surface area (Å²) in [5, 5.41) is 3.14. The Kier molecular flexibility index (Phi) is 3.31. The minimum Gasteiger partial charge on any atom is -0.354 e. The number of rotatable bonds is 5. The first-order chi connectivity index (χ1) is 8.11. The molecule has 0 radical (unpaired) electrons. The molecule has 0 bridgehead atoms. The standard InChI is InChI=1S/C11H20N6/c1-5-12-9-13-10(16(2)3)15-11(14-9)17(4)8-6-7-8/h8H,5-7H2,1-4H3,(H,12,13,14,15). The zero-order chi connectivity index (χ0) is 12.4. The lowest BCUT2D eigenvalue weighted by atomic mass is 10.6. The maximum atomic E-state index is 4.47. The molecule has 0 spiro atoms. The Balaban J connectivity index is 2.29. The maximum absolute atomic E-state index is 4.47. The number of anilines is 3. The molecule has 1 N–H and O–H groups in total. The fraction of sp³-hybridized carbons (Fsp3) is 0.727. The van der Waals surface area contributed by atoms with Gasteiger partial charge in [-0.2, -0.15) is 15.0 Å². The van der Waals surface area contributed by atoms with Gasteiger partial charge in [0.1, 0.15) is 0 Å². The first kappa shape index (κ1) is 11.9. The summed E-state index contributed by atoms with van der Waals surface area (Å²) in [6.07, 6.45) is 2.46. The summed E-state index contributed by atoms with van der Waals surface area (Å²) in [7, 11) is 5.92. The molecule has 6 nitrogen and oxygen atoms in total. The van der Waals surface area contributed by atoms with E-state index in [0.29, 0.717) is 17.9 Å². The molecule has 1 heterocycles. The fourth-order valence-corrected chi connectivity index (χ4v) is 1.57. The van der Waals surface area contributed by atoms with Crippen LogP contribution in [0.2, 0.25) is 0 Å². The van der Waals surface area contributed by atoms with E-state index in [9.17, 15) is 0 Å². The minimum atomic E-state index is 0.599. The van der Waals surface area contributed by atoms with E-state index in [1.165, 1.54) is 12.8 Å². The van der Waals surface area contributed by atoms with Crippen molar-refractivity contribution in [3.63, 3.8) is 0 Å². The van der Waals surface area contributed by atoms with Crippen molar-refractivity contribution in [3.8, 4) is 0 Å². The van der Waals surface area contributed by atoms with E-state index in [4.69, 9.17) is 0 Å². The molecule has 1 aromatic heterocycles. The summed E-state index contributed by atoms with van der Waals surface area (Å²) in [5.74, 6) is 2.09. The predicted octanol–water partition coefficient (Wildman–Crippen LogP) is 0.968. The summed E-state index contributed by atoms with van der Waals surface area (Å²) >= 11 is 0. The Morgan fingerprint density at radius 2 is 1.76 bits per heavy atom. The first-order valence-electron chi connectivity index (χ1n) is 6.02. The number of nitrogens with one attached hydrogen (secondary N) is 1. The lowest BCUT2D eigenvalue weighted by Crippen LogP contribution is -2.25. The van der Waals surface area contributed by atoms with E-state index in [1.807, 2.05) is 33.0 Å². The van der Waals surface area contributed by atoms with Crippen LogP contribution in [0, 0.1) is 0 Å². The molecule has 1 aliphatic carbocycles. The van der Waals surface area contributed by atoms with E-state index in [2.05, 4.69) is 25.2 Å². The zero-order valence-corrected chi connectivity index (χ0v) is 10.9. The van der Waals surface area contributed by atoms with Crippen molar-refractivity contribution in [2.45, 2.75) is 25.8 Å². The van der Waals surface area contributed by atoms with Crippen molar-refractivity contribution in [1.82, 2.24) is 15.0 Å². The summed E-state index contributed by atoms with van der Waals surface area (Å²) in [6.45, 7) is 2.84. The van der Waals surface area contributed by atoms with Gasteiger partial charge in [-0.3, -0.25) is 0 Å². The van der Waals surface area contributed by atoms with E-state index in [-0.39, 0.29) is 0 Å². The van der Waals surface area contributed by atoms with Gasteiger partial charge in [-0.15, -0.1) is 0 Å². The Bertz CT molecular complexity index is 388. The van der Waals surface area contributed by atoms with Gasteiger partial charge in [-0.25, -0.2) is 0 Å². The van der Waals surface area contributed by atoms with Crippen LogP contribution in [0.3, 0.4) is 0 Å². The molecule has 1 aliphatic rings. The van der Waals surface area contributed by atoms with Gasteiger partial charge in [0.25, 0.3) is 0 Å². The van der Waals surface area contributed by atoms with E-state index in [1.54, 1.807) is 0 Å². The molecule has 6 heteroatoms. The second kappa shape index (κ2) is 4.73. The highest BCUT2D eigenvalue weighted by atomic mass is 15.4. The van der Waals surface area contributed by atoms with Gasteiger partial charge in [0, 0.05) is 33.7 Å². The molecule has 2 rings (SSSR count). The van der Waals surface area contributed by atoms with Crippen LogP contribution in [-0.4, -0.2) is 48.7 Å². The molecule has 0 saturated heterocycles. The van der Waals surface area contributed by atoms with Crippen molar-refractivity contribution < 1.29 is 0 Å². The largest absolute Gasteiger partial charge is 0.354 e. The van der Waals surface area contributed by atoms with Crippen LogP contribution in [0.15, 0.2) is 0 Å². The van der Waals surface area contributed by atoms with Gasteiger partial charge < -0.3 is 15.1 Å². The first-order valence-corrected chi connectivity index (χ1v) is 6.02. The van der Waals surface area contributed by atoms with Crippen molar-refractivity contribution in [3.05, 3.63) is 0 Å². The molecular weight excluding hydrogens is 216 g/mol. The molecular formula is C11H20N6. The Morgan fingerprint density at radius 1 is 1.12 bits per heavy atom. The molecule has 0 amide bonds. The highest BCUT2D eigenvalue weighted by molar-refractivity contribution is 5.45. The van der Waals surface area contributed by atoms with E-state index < -0.39 is 0 Å². The molecule has 0 aromatic carbocycles. The summed E-state index contributed by atoms with van der Waals surface area (Å²) < 4.78 is 0. The second-order valence-electron chi connectivity index (χ2n) is 4.53. The van der Waals surface area contributed by atoms with Gasteiger partial charge in [0.05, 0.1) is 0 Å². The molecule has 1 aromatic rings. The van der Waals surface area contributed by atoms with E-state index >= 15 is 0 Å². The van der Waals surface area contributed by atoms with Gasteiger partial charge in [0.15, 0.2) is 0 Å². The van der Waals surface area contributed by atoms with Crippen LogP contribution in [0.1, 0.15) is 19.8 Å². The lowest BCUT2D eigenvalue weighted by molar-refractivity contribution is 0.837. The highest BCUT2D eigenvalue weighted by Crippen LogP contribution is 2.29. The molecule has 0 aliphatic heterocycles. The van der Waals surface area contributed by atoms with Crippen LogP contribution in [0.5, 0.6) is 0 Å². The smallest absolute Gasteiger partial charge is 0.231 e. The summed E-state index contributed by atoms with van der Waals surface area (Å²) in [5.41, 5.74) is 0. The van der Waals surface area contributed by atoms with Crippen LogP contribution in [0.4, 0.5) is 17.8 Å². The van der Waals surface area contributed by atoms with E-state index in [0.717, 1.165) is 12.5 Å². The number of aromatic nitrogens is 3. The second-order valence-corrected chi connectivity index (χ2v) is 4.53. The minimum absolute atomic E-state index is 0.599. The van der Waals surface area contributed by atoms with Crippen molar-refractivity contribution in [2.75, 3.05) is 42.8 Å². The molecule has 17 heavy (non-hydrogen) atoms. The van der Waals surface area contributed by atoms with Crippen molar-refractivity contribution >= 4 is 17.8 Å². The monoisotopic (exact) mass is 236 g/mol. The van der Waals surface area contributed by atoms with Crippen LogP contribution >= 0.6 is 0 Å². The molecule has 1 saturated carbocycles. The van der Waals surface area contributed by atoms with Crippen LogP contribution in [-0.2, 0) is 0 Å². The Hall–Kier alpha value is -1.59. The number of hydrogen-bond acceptors (Lipinski definition) is 6. The van der Waals surface area contributed by atoms with Crippen LogP contribution < -0.4 is 15.1 Å². The van der Waals surface area contributed by atoms with Gasteiger partial charge in [0.2, 0.25) is 17.8 Å². The number of nitrogens with zero attached hydrogens (tertiary/aromatic N) is 5. The van der Waals surface area contributed by atoms with Gasteiger partial charge >= 0.3 is 0 Å².